The second-order valence-corrected chi connectivity index (χ2v) is 5.09. The number of aromatic hydroxyl groups is 1. The molecule has 2 rings (SSSR count). The van der Waals surface area contributed by atoms with E-state index >= 15 is 0 Å². The Morgan fingerprint density at radius 3 is 2.65 bits per heavy atom. The molecule has 0 spiro atoms. The van der Waals surface area contributed by atoms with Crippen LogP contribution in [-0.4, -0.2) is 17.7 Å². The molecule has 0 aliphatic heterocycles. The van der Waals surface area contributed by atoms with Crippen molar-refractivity contribution in [3.8, 4) is 17.2 Å². The van der Waals surface area contributed by atoms with Gasteiger partial charge in [0.25, 0.3) is 0 Å². The molecule has 4 nitrogen and oxygen atoms in total. The van der Waals surface area contributed by atoms with Gasteiger partial charge in [0.2, 0.25) is 0 Å². The number of phenols is 1. The predicted octanol–water partition coefficient (Wildman–Crippen LogP) is 4.02. The quantitative estimate of drug-likeness (QED) is 0.675. The van der Waals surface area contributed by atoms with Crippen LogP contribution in [-0.2, 0) is 4.79 Å². The van der Waals surface area contributed by atoms with Gasteiger partial charge in [0.1, 0.15) is 5.75 Å². The van der Waals surface area contributed by atoms with E-state index in [1.807, 2.05) is 13.0 Å². The fraction of sp³-hybridized carbons (Fsp3) is 0.267. The minimum absolute atomic E-state index is 0.0843. The molecule has 0 radical (unpaired) electrons. The zero-order valence-electron chi connectivity index (χ0n) is 11.3. The number of carbonyl (C=O) groups excluding carboxylic acids is 1. The number of fused-ring (bicyclic) bond motifs is 1. The molecule has 0 saturated heterocycles. The molecule has 0 unspecified atom stereocenters. The van der Waals surface area contributed by atoms with Crippen LogP contribution in [0, 0.1) is 0 Å². The van der Waals surface area contributed by atoms with E-state index in [0.29, 0.717) is 28.9 Å². The number of benzene rings is 2. The maximum atomic E-state index is 11.6. The highest BCUT2D eigenvalue weighted by molar-refractivity contribution is 9.10. The first-order valence-electron chi connectivity index (χ1n) is 6.35. The highest BCUT2D eigenvalue weighted by Gasteiger charge is 2.17. The zero-order chi connectivity index (χ0) is 14.7. The van der Waals surface area contributed by atoms with Crippen molar-refractivity contribution in [3.63, 3.8) is 0 Å². The van der Waals surface area contributed by atoms with E-state index in [2.05, 4.69) is 15.9 Å². The van der Waals surface area contributed by atoms with Gasteiger partial charge in [-0.25, -0.2) is 0 Å². The molecule has 2 aromatic rings. The van der Waals surface area contributed by atoms with Gasteiger partial charge in [0.05, 0.1) is 6.61 Å². The predicted molar refractivity (Wildman–Crippen MR) is 80.4 cm³/mol. The first-order chi connectivity index (χ1) is 9.56. The van der Waals surface area contributed by atoms with Crippen molar-refractivity contribution in [2.45, 2.75) is 20.3 Å². The third-order valence-electron chi connectivity index (χ3n) is 2.80. The highest BCUT2D eigenvalue weighted by Crippen LogP contribution is 2.42. The second kappa shape index (κ2) is 6.13. The molecule has 0 aromatic heterocycles. The van der Waals surface area contributed by atoms with E-state index < -0.39 is 0 Å². The number of halogens is 1. The fourth-order valence-corrected chi connectivity index (χ4v) is 2.24. The Kier molecular flexibility index (Phi) is 4.49. The number of carbonyl (C=O) groups is 1. The number of rotatable bonds is 4. The largest absolute Gasteiger partial charge is 0.507 e. The Morgan fingerprint density at radius 1 is 1.25 bits per heavy atom. The first-order valence-corrected chi connectivity index (χ1v) is 7.14. The number of ether oxygens (including phenoxy) is 2. The summed E-state index contributed by atoms with van der Waals surface area (Å²) in [6.07, 6.45) is 0.268. The van der Waals surface area contributed by atoms with E-state index in [9.17, 15) is 9.90 Å². The van der Waals surface area contributed by atoms with E-state index in [1.54, 1.807) is 19.1 Å². The SMILES string of the molecule is CCOc1cc(O)c2cc(Br)ccc2c1OC(=O)CC. The van der Waals surface area contributed by atoms with Gasteiger partial charge in [-0.3, -0.25) is 4.79 Å². The van der Waals surface area contributed by atoms with Gasteiger partial charge in [-0.2, -0.15) is 0 Å². The highest BCUT2D eigenvalue weighted by atomic mass is 79.9. The normalized spacial score (nSPS) is 10.6. The van der Waals surface area contributed by atoms with E-state index in [1.165, 1.54) is 6.07 Å². The van der Waals surface area contributed by atoms with Crippen molar-refractivity contribution in [2.24, 2.45) is 0 Å². The van der Waals surface area contributed by atoms with Crippen molar-refractivity contribution in [1.29, 1.82) is 0 Å². The van der Waals surface area contributed by atoms with E-state index in [0.717, 1.165) is 4.47 Å². The molecule has 106 valence electrons. The number of esters is 1. The van der Waals surface area contributed by atoms with E-state index in [4.69, 9.17) is 9.47 Å². The number of phenolic OH excluding ortho intramolecular Hbond substituents is 1. The van der Waals surface area contributed by atoms with Gasteiger partial charge in [-0.15, -0.1) is 0 Å². The molecular weight excluding hydrogens is 324 g/mol. The minimum Gasteiger partial charge on any atom is -0.507 e. The van der Waals surface area contributed by atoms with Gasteiger partial charge in [-0.1, -0.05) is 22.9 Å². The molecule has 0 fully saturated rings. The lowest BCUT2D eigenvalue weighted by Crippen LogP contribution is -2.07. The molecule has 20 heavy (non-hydrogen) atoms. The standard InChI is InChI=1S/C15H15BrO4/c1-3-14(18)20-15-10-6-5-9(16)7-11(10)12(17)8-13(15)19-4-2/h5-8,17H,3-4H2,1-2H3. The molecule has 0 aliphatic rings. The molecule has 1 N–H and O–H groups in total. The minimum atomic E-state index is -0.346. The van der Waals surface area contributed by atoms with Crippen LogP contribution in [0.3, 0.4) is 0 Å². The Balaban J connectivity index is 2.68. The Bertz CT molecular complexity index is 652. The average molecular weight is 339 g/mol. The van der Waals surface area contributed by atoms with Crippen LogP contribution in [0.4, 0.5) is 0 Å². The summed E-state index contributed by atoms with van der Waals surface area (Å²) in [5.74, 6) is 0.447. The summed E-state index contributed by atoms with van der Waals surface area (Å²) >= 11 is 3.35. The van der Waals surface area contributed by atoms with Crippen LogP contribution in [0.1, 0.15) is 20.3 Å². The average Bonchev–Trinajstić information content (AvgIpc) is 2.43. The molecule has 0 amide bonds. The molecule has 0 saturated carbocycles. The van der Waals surface area contributed by atoms with Gasteiger partial charge >= 0.3 is 5.97 Å². The smallest absolute Gasteiger partial charge is 0.311 e. The summed E-state index contributed by atoms with van der Waals surface area (Å²) < 4.78 is 11.6. The molecular formula is C15H15BrO4. The fourth-order valence-electron chi connectivity index (χ4n) is 1.88. The molecule has 0 atom stereocenters. The van der Waals surface area contributed by atoms with Crippen molar-refractivity contribution in [3.05, 3.63) is 28.7 Å². The topological polar surface area (TPSA) is 55.8 Å². The van der Waals surface area contributed by atoms with Gasteiger partial charge < -0.3 is 14.6 Å². The molecule has 2 aromatic carbocycles. The second-order valence-electron chi connectivity index (χ2n) is 4.17. The number of hydrogen-bond donors (Lipinski definition) is 1. The molecule has 5 heteroatoms. The summed E-state index contributed by atoms with van der Waals surface area (Å²) in [5, 5.41) is 11.3. The molecule has 0 aliphatic carbocycles. The van der Waals surface area contributed by atoms with Gasteiger partial charge in [0.15, 0.2) is 11.5 Å². The Hall–Kier alpha value is -1.75. The van der Waals surface area contributed by atoms with Gasteiger partial charge in [-0.05, 0) is 25.1 Å². The maximum absolute atomic E-state index is 11.6. The summed E-state index contributed by atoms with van der Waals surface area (Å²) in [4.78, 5) is 11.6. The van der Waals surface area contributed by atoms with Crippen molar-refractivity contribution >= 4 is 32.7 Å². The lowest BCUT2D eigenvalue weighted by molar-refractivity contribution is -0.134. The van der Waals surface area contributed by atoms with E-state index in [-0.39, 0.29) is 18.1 Å². The van der Waals surface area contributed by atoms with Crippen LogP contribution in [0.15, 0.2) is 28.7 Å². The van der Waals surface area contributed by atoms with Crippen LogP contribution >= 0.6 is 15.9 Å². The third kappa shape index (κ3) is 2.88. The van der Waals surface area contributed by atoms with Crippen LogP contribution in [0.25, 0.3) is 10.8 Å². The molecule has 0 bridgehead atoms. The van der Waals surface area contributed by atoms with Crippen molar-refractivity contribution in [1.82, 2.24) is 0 Å². The van der Waals surface area contributed by atoms with Gasteiger partial charge in [0, 0.05) is 27.7 Å². The lowest BCUT2D eigenvalue weighted by Gasteiger charge is -2.14. The summed E-state index contributed by atoms with van der Waals surface area (Å²) in [6, 6.07) is 6.83. The van der Waals surface area contributed by atoms with Crippen molar-refractivity contribution < 1.29 is 19.4 Å². The van der Waals surface area contributed by atoms with Crippen LogP contribution < -0.4 is 9.47 Å². The molecule has 0 heterocycles. The maximum Gasteiger partial charge on any atom is 0.311 e. The summed E-state index contributed by atoms with van der Waals surface area (Å²) in [5.41, 5.74) is 0. The zero-order valence-corrected chi connectivity index (χ0v) is 12.9. The monoisotopic (exact) mass is 338 g/mol. The summed E-state index contributed by atoms with van der Waals surface area (Å²) in [7, 11) is 0. The Labute approximate surface area is 125 Å². The number of hydrogen-bond acceptors (Lipinski definition) is 4. The first kappa shape index (κ1) is 14.7. The lowest BCUT2D eigenvalue weighted by atomic mass is 10.1. The van der Waals surface area contributed by atoms with Crippen LogP contribution in [0.5, 0.6) is 17.2 Å². The Morgan fingerprint density at radius 2 is 2.00 bits per heavy atom. The third-order valence-corrected chi connectivity index (χ3v) is 3.29. The van der Waals surface area contributed by atoms with Crippen molar-refractivity contribution in [2.75, 3.05) is 6.61 Å². The summed E-state index contributed by atoms with van der Waals surface area (Å²) in [6.45, 7) is 3.97. The van der Waals surface area contributed by atoms with Crippen LogP contribution in [0.2, 0.25) is 0 Å².